The van der Waals surface area contributed by atoms with Gasteiger partial charge >= 0.3 is 6.09 Å². The van der Waals surface area contributed by atoms with E-state index in [1.165, 1.54) is 45.3 Å². The van der Waals surface area contributed by atoms with Crippen LogP contribution in [0.15, 0.2) is 41.1 Å². The maximum absolute atomic E-state index is 15.6. The monoisotopic (exact) mass is 638 g/mol. The van der Waals surface area contributed by atoms with Gasteiger partial charge in [0.15, 0.2) is 23.0 Å². The van der Waals surface area contributed by atoms with E-state index in [1.807, 2.05) is 0 Å². The largest absolute Gasteiger partial charge is 0.468 e. The number of carbonyl (C=O) groups is 4. The first kappa shape index (κ1) is 28.3. The van der Waals surface area contributed by atoms with Crippen LogP contribution in [-0.4, -0.2) is 100 Å². The molecule has 0 radical (unpaired) electrons. The summed E-state index contributed by atoms with van der Waals surface area (Å²) in [6, 6.07) is 4.32. The molecular weight excluding hydrogens is 610 g/mol. The summed E-state index contributed by atoms with van der Waals surface area (Å²) >= 11 is 0. The third kappa shape index (κ3) is 4.28. The average Bonchev–Trinajstić information content (AvgIpc) is 3.59. The molecule has 46 heavy (non-hydrogen) atoms. The number of carbonyl (C=O) groups excluding carboxylic acids is 4. The van der Waals surface area contributed by atoms with Gasteiger partial charge in [0.25, 0.3) is 11.9 Å². The highest BCUT2D eigenvalue weighted by molar-refractivity contribution is 5.99. The lowest BCUT2D eigenvalue weighted by molar-refractivity contribution is -0.176. The Hall–Kier alpha value is -5.22. The van der Waals surface area contributed by atoms with Gasteiger partial charge in [-0.05, 0) is 12.5 Å². The van der Waals surface area contributed by atoms with E-state index in [1.54, 1.807) is 10.9 Å². The molecule has 2 spiro atoms. The summed E-state index contributed by atoms with van der Waals surface area (Å²) in [4.78, 5) is 55.0. The second-order valence-electron chi connectivity index (χ2n) is 12.2. The van der Waals surface area contributed by atoms with E-state index in [0.29, 0.717) is 6.42 Å². The minimum Gasteiger partial charge on any atom is -0.468 e. The van der Waals surface area contributed by atoms with Crippen molar-refractivity contribution in [3.05, 3.63) is 54.1 Å². The summed E-state index contributed by atoms with van der Waals surface area (Å²) in [7, 11) is 1.40. The topological polar surface area (TPSA) is 156 Å². The number of aromatic nitrogens is 3. The van der Waals surface area contributed by atoms with Gasteiger partial charge in [0.05, 0.1) is 50.1 Å². The summed E-state index contributed by atoms with van der Waals surface area (Å²) in [5.41, 5.74) is -2.24. The lowest BCUT2D eigenvalue weighted by Crippen LogP contribution is -2.59. The van der Waals surface area contributed by atoms with Crippen LogP contribution >= 0.6 is 0 Å². The molecule has 4 atom stereocenters. The molecule has 1 aromatic carbocycles. The molecule has 2 unspecified atom stereocenters. The fraction of sp³-hybridized carbons (Fsp3) is 0.448. The summed E-state index contributed by atoms with van der Waals surface area (Å²) in [5, 5.41) is 13.1. The number of benzene rings is 1. The number of rotatable bonds is 6. The molecule has 5 heterocycles. The molecule has 4 amide bonds. The molecule has 15 nitrogen and oxygen atoms in total. The van der Waals surface area contributed by atoms with Crippen molar-refractivity contribution in [2.24, 2.45) is 5.41 Å². The molecule has 2 saturated carbocycles. The molecule has 240 valence electrons. The van der Waals surface area contributed by atoms with E-state index in [9.17, 15) is 19.2 Å². The summed E-state index contributed by atoms with van der Waals surface area (Å²) in [5.74, 6) is -2.80. The first-order valence-electron chi connectivity index (χ1n) is 14.8. The fourth-order valence-electron chi connectivity index (χ4n) is 6.95. The van der Waals surface area contributed by atoms with Crippen LogP contribution in [0.3, 0.4) is 0 Å². The van der Waals surface area contributed by atoms with E-state index in [-0.39, 0.29) is 86.5 Å². The molecule has 1 N–H and O–H groups in total. The van der Waals surface area contributed by atoms with Crippen molar-refractivity contribution in [3.8, 4) is 5.95 Å². The van der Waals surface area contributed by atoms with Gasteiger partial charge in [-0.2, -0.15) is 0 Å². The van der Waals surface area contributed by atoms with Crippen LogP contribution in [0.4, 0.5) is 25.0 Å². The molecule has 17 heteroatoms. The number of amides is 4. The van der Waals surface area contributed by atoms with Crippen molar-refractivity contribution in [3.63, 3.8) is 0 Å². The van der Waals surface area contributed by atoms with E-state index in [0.717, 1.165) is 12.1 Å². The Labute approximate surface area is 259 Å². The Morgan fingerprint density at radius 1 is 1.07 bits per heavy atom. The van der Waals surface area contributed by atoms with E-state index in [4.69, 9.17) is 13.9 Å². The number of halogens is 2. The SMILES string of the molecule is COc1ccc(C(=O)NC2CC23CC(=O)N2CCN(c4c(F)cc(N5C[C@]6(C[C@@H]6n6ccnn6)OC5=O)cc4F)CCN2C3=O)o1. The third-order valence-electron chi connectivity index (χ3n) is 9.57. The molecule has 3 aliphatic heterocycles. The van der Waals surface area contributed by atoms with Crippen molar-refractivity contribution in [2.75, 3.05) is 49.6 Å². The molecule has 0 bridgehead atoms. The van der Waals surface area contributed by atoms with Gasteiger partial charge in [0.2, 0.25) is 11.8 Å². The number of hydrazine groups is 1. The van der Waals surface area contributed by atoms with Gasteiger partial charge < -0.3 is 24.1 Å². The van der Waals surface area contributed by atoms with Gasteiger partial charge in [-0.3, -0.25) is 19.3 Å². The van der Waals surface area contributed by atoms with E-state index in [2.05, 4.69) is 15.6 Å². The quantitative estimate of drug-likeness (QED) is 0.420. The van der Waals surface area contributed by atoms with Gasteiger partial charge in [0, 0.05) is 56.4 Å². The molecule has 5 aliphatic rings. The van der Waals surface area contributed by atoms with Crippen LogP contribution in [0, 0.1) is 17.0 Å². The second kappa shape index (κ2) is 9.89. The molecule has 3 saturated heterocycles. The highest BCUT2D eigenvalue weighted by atomic mass is 19.1. The number of anilines is 2. The molecular formula is C29H28F2N8O7. The first-order valence-corrected chi connectivity index (χ1v) is 14.8. The highest BCUT2D eigenvalue weighted by Gasteiger charge is 2.67. The van der Waals surface area contributed by atoms with Crippen molar-refractivity contribution in [1.29, 1.82) is 0 Å². The maximum Gasteiger partial charge on any atom is 0.415 e. The number of ether oxygens (including phenoxy) is 2. The molecule has 2 aromatic heterocycles. The molecule has 3 aromatic rings. The summed E-state index contributed by atoms with van der Waals surface area (Å²) in [6.07, 6.45) is 3.16. The number of furan rings is 1. The Kier molecular flexibility index (Phi) is 6.08. The lowest BCUT2D eigenvalue weighted by Gasteiger charge is -2.40. The van der Waals surface area contributed by atoms with Gasteiger partial charge in [-0.1, -0.05) is 5.21 Å². The number of nitrogens with zero attached hydrogens (tertiary/aromatic N) is 7. The first-order chi connectivity index (χ1) is 22.1. The summed E-state index contributed by atoms with van der Waals surface area (Å²) < 4.78 is 48.7. The van der Waals surface area contributed by atoms with Crippen LogP contribution in [0.2, 0.25) is 0 Å². The third-order valence-corrected chi connectivity index (χ3v) is 9.57. The highest BCUT2D eigenvalue weighted by Crippen LogP contribution is 2.55. The second-order valence-corrected chi connectivity index (χ2v) is 12.2. The number of methoxy groups -OCH3 is 1. The lowest BCUT2D eigenvalue weighted by atomic mass is 9.96. The fourth-order valence-corrected chi connectivity index (χ4v) is 6.95. The summed E-state index contributed by atoms with van der Waals surface area (Å²) in [6.45, 7) is 0.218. The van der Waals surface area contributed by atoms with Crippen LogP contribution < -0.4 is 19.9 Å². The zero-order chi connectivity index (χ0) is 32.0. The number of hydrogen-bond acceptors (Lipinski definition) is 10. The van der Waals surface area contributed by atoms with Gasteiger partial charge in [0.1, 0.15) is 5.69 Å². The molecule has 2 aliphatic carbocycles. The Balaban J connectivity index is 0.955. The standard InChI is InChI=1S/C29H28F2N8O7/c1-44-23-3-2-19(45-23)25(41)33-20-12-28(20)14-22(40)38-8-6-35(7-9-39(38)26(28)42)24-17(30)10-16(11-18(24)31)36-15-29(46-27(36)43)13-21(29)37-5-4-32-34-37/h2-5,10-11,20-21H,6-9,12-15H2,1H3,(H,33,41)/t20?,21-,28?,29-/m0/s1. The van der Waals surface area contributed by atoms with Crippen molar-refractivity contribution in [1.82, 2.24) is 30.3 Å². The maximum atomic E-state index is 15.6. The Morgan fingerprint density at radius 2 is 1.83 bits per heavy atom. The van der Waals surface area contributed by atoms with Crippen LogP contribution in [-0.2, 0) is 14.3 Å². The predicted molar refractivity (Wildman–Crippen MR) is 150 cm³/mol. The number of hydrogen-bond donors (Lipinski definition) is 1. The van der Waals surface area contributed by atoms with Crippen LogP contribution in [0.5, 0.6) is 5.95 Å². The normalized spacial score (nSPS) is 28.5. The molecule has 8 rings (SSSR count). The van der Waals surface area contributed by atoms with Crippen molar-refractivity contribution in [2.45, 2.75) is 36.9 Å². The zero-order valence-electron chi connectivity index (χ0n) is 24.5. The number of fused-ring (bicyclic) bond motifs is 1. The Morgan fingerprint density at radius 3 is 2.52 bits per heavy atom. The van der Waals surface area contributed by atoms with E-state index < -0.39 is 40.7 Å². The van der Waals surface area contributed by atoms with E-state index >= 15 is 8.78 Å². The molecule has 5 fully saturated rings. The average molecular weight is 639 g/mol. The minimum atomic E-state index is -1.09. The zero-order valence-corrected chi connectivity index (χ0v) is 24.5. The van der Waals surface area contributed by atoms with Crippen LogP contribution in [0.1, 0.15) is 35.9 Å². The minimum absolute atomic E-state index is 0.00630. The van der Waals surface area contributed by atoms with Crippen molar-refractivity contribution >= 4 is 35.2 Å². The van der Waals surface area contributed by atoms with Gasteiger partial charge in [-0.25, -0.2) is 28.3 Å². The van der Waals surface area contributed by atoms with Gasteiger partial charge in [-0.15, -0.1) is 5.10 Å². The van der Waals surface area contributed by atoms with Crippen LogP contribution in [0.25, 0.3) is 0 Å². The number of nitrogens with one attached hydrogen (secondary N) is 1. The van der Waals surface area contributed by atoms with Crippen molar-refractivity contribution < 1.29 is 41.8 Å². The Bertz CT molecular complexity index is 1760. The predicted octanol–water partition coefficient (Wildman–Crippen LogP) is 1.48. The smallest absolute Gasteiger partial charge is 0.415 e.